The largest absolute Gasteiger partial charge is 0.433 e. The molecule has 0 aliphatic rings. The first-order valence-electron chi connectivity index (χ1n) is 7.52. The summed E-state index contributed by atoms with van der Waals surface area (Å²) in [6.45, 7) is 5.95. The van der Waals surface area contributed by atoms with Gasteiger partial charge in [0.05, 0.1) is 23.7 Å². The number of aryl methyl sites for hydroxylation is 3. The molecule has 25 heavy (non-hydrogen) atoms. The number of rotatable bonds is 4. The zero-order valence-electron chi connectivity index (χ0n) is 14.0. The lowest BCUT2D eigenvalue weighted by molar-refractivity contribution is -0.402. The van der Waals surface area contributed by atoms with Crippen LogP contribution in [0.15, 0.2) is 50.2 Å². The summed E-state index contributed by atoms with van der Waals surface area (Å²) in [5, 5.41) is 17.0. The van der Waals surface area contributed by atoms with E-state index in [4.69, 9.17) is 9.41 Å². The molecule has 7 nitrogen and oxygen atoms in total. The molecule has 0 aliphatic carbocycles. The van der Waals surface area contributed by atoms with Crippen LogP contribution < -0.4 is 4.80 Å². The van der Waals surface area contributed by atoms with Crippen LogP contribution in [0.5, 0.6) is 0 Å². The Morgan fingerprint density at radius 1 is 1.20 bits per heavy atom. The normalized spacial score (nSPS) is 12.2. The minimum atomic E-state index is -0.581. The van der Waals surface area contributed by atoms with Crippen molar-refractivity contribution < 1.29 is 9.34 Å². The molecule has 0 aliphatic heterocycles. The van der Waals surface area contributed by atoms with Crippen LogP contribution >= 0.6 is 11.3 Å². The van der Waals surface area contributed by atoms with Crippen molar-refractivity contribution in [1.29, 1.82) is 0 Å². The Morgan fingerprint density at radius 2 is 1.92 bits per heavy atom. The predicted molar refractivity (Wildman–Crippen MR) is 96.5 cm³/mol. The van der Waals surface area contributed by atoms with E-state index in [0.717, 1.165) is 22.5 Å². The van der Waals surface area contributed by atoms with Gasteiger partial charge in [0.1, 0.15) is 4.92 Å². The second kappa shape index (κ2) is 6.86. The average molecular weight is 356 g/mol. The van der Waals surface area contributed by atoms with Crippen LogP contribution in [0.4, 0.5) is 11.6 Å². The SMILES string of the molecule is Cc1cccc(C)c1N=c1scc(C)n1N=Cc1ccc([N+](=O)[O-])o1. The summed E-state index contributed by atoms with van der Waals surface area (Å²) >= 11 is 1.48. The van der Waals surface area contributed by atoms with Gasteiger partial charge in [-0.15, -0.1) is 11.3 Å². The summed E-state index contributed by atoms with van der Waals surface area (Å²) in [7, 11) is 0. The van der Waals surface area contributed by atoms with Gasteiger partial charge in [-0.2, -0.15) is 5.10 Å². The smallest absolute Gasteiger partial charge is 0.400 e. The summed E-state index contributed by atoms with van der Waals surface area (Å²) < 4.78 is 6.78. The molecule has 0 unspecified atom stereocenters. The molecule has 0 amide bonds. The number of nitrogens with zero attached hydrogens (tertiary/aromatic N) is 4. The monoisotopic (exact) mass is 356 g/mol. The van der Waals surface area contributed by atoms with Crippen molar-refractivity contribution in [3.05, 3.63) is 73.2 Å². The van der Waals surface area contributed by atoms with E-state index in [0.29, 0.717) is 10.6 Å². The first-order chi connectivity index (χ1) is 12.0. The van der Waals surface area contributed by atoms with Crippen LogP contribution in [0.3, 0.4) is 0 Å². The number of hydrogen-bond acceptors (Lipinski definition) is 6. The van der Waals surface area contributed by atoms with Crippen LogP contribution in [0.1, 0.15) is 22.6 Å². The molecule has 0 atom stereocenters. The first kappa shape index (κ1) is 16.8. The van der Waals surface area contributed by atoms with Gasteiger partial charge in [0.2, 0.25) is 4.80 Å². The molecule has 0 N–H and O–H groups in total. The van der Waals surface area contributed by atoms with E-state index in [-0.39, 0.29) is 5.88 Å². The van der Waals surface area contributed by atoms with E-state index >= 15 is 0 Å². The minimum absolute atomic E-state index is 0.308. The van der Waals surface area contributed by atoms with Crippen molar-refractivity contribution in [2.24, 2.45) is 10.1 Å². The number of aromatic nitrogens is 1. The van der Waals surface area contributed by atoms with Crippen molar-refractivity contribution >= 4 is 29.1 Å². The van der Waals surface area contributed by atoms with Gasteiger partial charge in [0.15, 0.2) is 5.76 Å². The van der Waals surface area contributed by atoms with Gasteiger partial charge < -0.3 is 4.42 Å². The molecule has 0 fully saturated rings. The fourth-order valence-corrected chi connectivity index (χ4v) is 3.12. The second-order valence-electron chi connectivity index (χ2n) is 5.50. The molecule has 8 heteroatoms. The third-order valence-electron chi connectivity index (χ3n) is 3.59. The Labute approximate surface area is 147 Å². The van der Waals surface area contributed by atoms with Crippen molar-refractivity contribution in [2.45, 2.75) is 20.8 Å². The highest BCUT2D eigenvalue weighted by atomic mass is 32.1. The number of hydrogen-bond donors (Lipinski definition) is 0. The summed E-state index contributed by atoms with van der Waals surface area (Å²) in [4.78, 5) is 15.5. The maximum atomic E-state index is 10.7. The number of benzene rings is 1. The predicted octanol–water partition coefficient (Wildman–Crippen LogP) is 4.09. The molecular weight excluding hydrogens is 340 g/mol. The Bertz CT molecular complexity index is 1010. The van der Waals surface area contributed by atoms with E-state index in [2.05, 4.69) is 5.10 Å². The minimum Gasteiger partial charge on any atom is -0.400 e. The lowest BCUT2D eigenvalue weighted by Crippen LogP contribution is -2.11. The van der Waals surface area contributed by atoms with Crippen LogP contribution in [0.25, 0.3) is 0 Å². The molecule has 0 spiro atoms. The fraction of sp³-hybridized carbons (Fsp3) is 0.176. The van der Waals surface area contributed by atoms with Gasteiger partial charge in [-0.3, -0.25) is 10.1 Å². The van der Waals surface area contributed by atoms with E-state index in [1.165, 1.54) is 29.7 Å². The third kappa shape index (κ3) is 3.58. The fourth-order valence-electron chi connectivity index (χ4n) is 2.30. The number of furan rings is 1. The van der Waals surface area contributed by atoms with Crippen LogP contribution in [-0.2, 0) is 0 Å². The average Bonchev–Trinajstić information content (AvgIpc) is 3.16. The zero-order chi connectivity index (χ0) is 18.0. The van der Waals surface area contributed by atoms with E-state index < -0.39 is 4.92 Å². The van der Waals surface area contributed by atoms with Gasteiger partial charge in [0, 0.05) is 5.38 Å². The van der Waals surface area contributed by atoms with Crippen molar-refractivity contribution in [1.82, 2.24) is 4.68 Å². The molecule has 0 bridgehead atoms. The third-order valence-corrected chi connectivity index (χ3v) is 4.52. The van der Waals surface area contributed by atoms with Gasteiger partial charge in [-0.05, 0) is 38.0 Å². The van der Waals surface area contributed by atoms with Gasteiger partial charge in [0.25, 0.3) is 0 Å². The maximum absolute atomic E-state index is 10.7. The molecule has 128 valence electrons. The number of para-hydroxylation sites is 1. The van der Waals surface area contributed by atoms with Crippen molar-refractivity contribution in [3.8, 4) is 0 Å². The first-order valence-corrected chi connectivity index (χ1v) is 8.40. The molecular formula is C17H16N4O3S. The van der Waals surface area contributed by atoms with E-state index in [9.17, 15) is 10.1 Å². The molecule has 3 rings (SSSR count). The van der Waals surface area contributed by atoms with Gasteiger partial charge in [-0.25, -0.2) is 9.67 Å². The van der Waals surface area contributed by atoms with Crippen molar-refractivity contribution in [3.63, 3.8) is 0 Å². The highest BCUT2D eigenvalue weighted by Crippen LogP contribution is 2.22. The molecule has 1 aromatic carbocycles. The zero-order valence-corrected chi connectivity index (χ0v) is 14.8. The highest BCUT2D eigenvalue weighted by molar-refractivity contribution is 7.07. The van der Waals surface area contributed by atoms with E-state index in [1.807, 2.05) is 44.4 Å². The summed E-state index contributed by atoms with van der Waals surface area (Å²) in [6.07, 6.45) is 1.44. The molecule has 3 aromatic rings. The summed E-state index contributed by atoms with van der Waals surface area (Å²) in [6, 6.07) is 8.84. The summed E-state index contributed by atoms with van der Waals surface area (Å²) in [5.41, 5.74) is 4.00. The highest BCUT2D eigenvalue weighted by Gasteiger charge is 2.10. The summed E-state index contributed by atoms with van der Waals surface area (Å²) in [5.74, 6) is -0.00300. The van der Waals surface area contributed by atoms with Gasteiger partial charge in [-0.1, -0.05) is 18.2 Å². The Morgan fingerprint density at radius 3 is 2.56 bits per heavy atom. The van der Waals surface area contributed by atoms with Gasteiger partial charge >= 0.3 is 5.88 Å². The van der Waals surface area contributed by atoms with Crippen LogP contribution in [-0.4, -0.2) is 15.8 Å². The number of thiazole rings is 1. The Hall–Kier alpha value is -3.00. The molecule has 2 heterocycles. The lowest BCUT2D eigenvalue weighted by Gasteiger charge is -2.03. The Kier molecular flexibility index (Phi) is 4.62. The standard InChI is InChI=1S/C17H16N4O3S/c1-11-5-4-6-12(2)16(11)19-17-20(13(3)10-25-17)18-9-14-7-8-15(24-14)21(22)23/h4-10H,1-3H3. The van der Waals surface area contributed by atoms with Crippen LogP contribution in [0, 0.1) is 30.9 Å². The molecule has 0 saturated heterocycles. The molecule has 2 aromatic heterocycles. The molecule has 0 radical (unpaired) electrons. The lowest BCUT2D eigenvalue weighted by atomic mass is 10.1. The van der Waals surface area contributed by atoms with Crippen LogP contribution in [0.2, 0.25) is 0 Å². The second-order valence-corrected chi connectivity index (χ2v) is 6.34. The topological polar surface area (TPSA) is 85.9 Å². The quantitative estimate of drug-likeness (QED) is 0.401. The van der Waals surface area contributed by atoms with Crippen molar-refractivity contribution in [2.75, 3.05) is 0 Å². The number of nitro groups is 1. The molecule has 0 saturated carbocycles. The van der Waals surface area contributed by atoms with E-state index in [1.54, 1.807) is 4.68 Å². The Balaban J connectivity index is 2.01. The maximum Gasteiger partial charge on any atom is 0.433 e.